The zero-order valence-electron chi connectivity index (χ0n) is 10.8. The molecule has 0 aromatic heterocycles. The molecule has 0 amide bonds. The number of fused-ring (bicyclic) bond motifs is 1. The standard InChI is InChI=1S/C16H23N/c1-12-6-8-13(9-7-12)16-11-17-10-14-4-2-3-5-15(14)16/h2-5,12-13,16-17H,6-11H2,1H3. The minimum atomic E-state index is 0.771. The van der Waals surface area contributed by atoms with Crippen molar-refractivity contribution in [1.82, 2.24) is 5.32 Å². The van der Waals surface area contributed by atoms with Crippen molar-refractivity contribution in [2.75, 3.05) is 6.54 Å². The number of nitrogens with one attached hydrogen (secondary N) is 1. The summed E-state index contributed by atoms with van der Waals surface area (Å²) in [5.41, 5.74) is 3.16. The topological polar surface area (TPSA) is 12.0 Å². The summed E-state index contributed by atoms with van der Waals surface area (Å²) in [5, 5.41) is 3.60. The van der Waals surface area contributed by atoms with Crippen molar-refractivity contribution >= 4 is 0 Å². The highest BCUT2D eigenvalue weighted by Gasteiger charge is 2.29. The van der Waals surface area contributed by atoms with E-state index in [0.717, 1.165) is 24.3 Å². The second kappa shape index (κ2) is 4.81. The molecule has 1 aromatic carbocycles. The number of hydrogen-bond acceptors (Lipinski definition) is 1. The van der Waals surface area contributed by atoms with Crippen LogP contribution in [-0.4, -0.2) is 6.54 Å². The van der Waals surface area contributed by atoms with Gasteiger partial charge in [-0.05, 0) is 41.7 Å². The van der Waals surface area contributed by atoms with Crippen molar-refractivity contribution in [3.63, 3.8) is 0 Å². The average Bonchev–Trinajstić information content (AvgIpc) is 2.39. The van der Waals surface area contributed by atoms with Crippen LogP contribution in [0, 0.1) is 11.8 Å². The number of benzene rings is 1. The van der Waals surface area contributed by atoms with Gasteiger partial charge < -0.3 is 5.32 Å². The normalized spacial score (nSPS) is 33.1. The molecule has 1 fully saturated rings. The van der Waals surface area contributed by atoms with Crippen LogP contribution < -0.4 is 5.32 Å². The summed E-state index contributed by atoms with van der Waals surface area (Å²) in [6.45, 7) is 4.66. The van der Waals surface area contributed by atoms with Crippen LogP contribution in [0.25, 0.3) is 0 Å². The molecule has 0 spiro atoms. The van der Waals surface area contributed by atoms with Gasteiger partial charge in [-0.3, -0.25) is 0 Å². The molecule has 17 heavy (non-hydrogen) atoms. The quantitative estimate of drug-likeness (QED) is 0.774. The summed E-state index contributed by atoms with van der Waals surface area (Å²) in [4.78, 5) is 0. The Balaban J connectivity index is 1.80. The Kier molecular flexibility index (Phi) is 3.19. The van der Waals surface area contributed by atoms with Crippen molar-refractivity contribution in [3.8, 4) is 0 Å². The Bertz CT molecular complexity index is 377. The minimum absolute atomic E-state index is 0.771. The van der Waals surface area contributed by atoms with Crippen molar-refractivity contribution in [2.45, 2.75) is 45.1 Å². The zero-order chi connectivity index (χ0) is 11.7. The van der Waals surface area contributed by atoms with E-state index in [1.165, 1.54) is 37.8 Å². The van der Waals surface area contributed by atoms with E-state index in [1.807, 2.05) is 0 Å². The van der Waals surface area contributed by atoms with E-state index in [4.69, 9.17) is 0 Å². The lowest BCUT2D eigenvalue weighted by Crippen LogP contribution is -2.33. The highest BCUT2D eigenvalue weighted by molar-refractivity contribution is 5.33. The lowest BCUT2D eigenvalue weighted by Gasteiger charge is -2.36. The van der Waals surface area contributed by atoms with E-state index in [0.29, 0.717) is 0 Å². The Labute approximate surface area is 105 Å². The molecular formula is C16H23N. The molecule has 92 valence electrons. The first-order valence-corrected chi connectivity index (χ1v) is 7.13. The molecule has 2 aliphatic rings. The lowest BCUT2D eigenvalue weighted by molar-refractivity contribution is 0.244. The van der Waals surface area contributed by atoms with Crippen molar-refractivity contribution in [3.05, 3.63) is 35.4 Å². The van der Waals surface area contributed by atoms with Gasteiger partial charge in [-0.25, -0.2) is 0 Å². The van der Waals surface area contributed by atoms with Crippen LogP contribution >= 0.6 is 0 Å². The summed E-state index contributed by atoms with van der Waals surface area (Å²) in [6, 6.07) is 9.03. The van der Waals surface area contributed by atoms with Gasteiger partial charge in [-0.1, -0.05) is 44.0 Å². The SMILES string of the molecule is CC1CCC(C2CNCc3ccccc32)CC1. The van der Waals surface area contributed by atoms with E-state index in [1.54, 1.807) is 5.56 Å². The third-order valence-corrected chi connectivity index (χ3v) is 4.76. The van der Waals surface area contributed by atoms with Gasteiger partial charge in [-0.2, -0.15) is 0 Å². The Morgan fingerprint density at radius 1 is 1.06 bits per heavy atom. The molecule has 0 saturated heterocycles. The maximum atomic E-state index is 3.60. The second-order valence-electron chi connectivity index (χ2n) is 5.96. The fraction of sp³-hybridized carbons (Fsp3) is 0.625. The highest BCUT2D eigenvalue weighted by Crippen LogP contribution is 2.39. The van der Waals surface area contributed by atoms with E-state index < -0.39 is 0 Å². The molecular weight excluding hydrogens is 206 g/mol. The molecule has 0 radical (unpaired) electrons. The average molecular weight is 229 g/mol. The first kappa shape index (κ1) is 11.3. The van der Waals surface area contributed by atoms with Gasteiger partial charge in [0.2, 0.25) is 0 Å². The smallest absolute Gasteiger partial charge is 0.0208 e. The summed E-state index contributed by atoms with van der Waals surface area (Å²) in [5.74, 6) is 2.64. The summed E-state index contributed by atoms with van der Waals surface area (Å²) >= 11 is 0. The Hall–Kier alpha value is -0.820. The molecule has 1 aliphatic carbocycles. The predicted molar refractivity (Wildman–Crippen MR) is 72.0 cm³/mol. The first-order chi connectivity index (χ1) is 8.34. The van der Waals surface area contributed by atoms with E-state index >= 15 is 0 Å². The molecule has 1 saturated carbocycles. The van der Waals surface area contributed by atoms with Crippen LogP contribution in [0.2, 0.25) is 0 Å². The van der Waals surface area contributed by atoms with E-state index in [-0.39, 0.29) is 0 Å². The molecule has 1 unspecified atom stereocenters. The zero-order valence-corrected chi connectivity index (χ0v) is 10.8. The third-order valence-electron chi connectivity index (χ3n) is 4.76. The maximum absolute atomic E-state index is 3.60. The molecule has 1 N–H and O–H groups in total. The van der Waals surface area contributed by atoms with Crippen LogP contribution in [-0.2, 0) is 6.54 Å². The Morgan fingerprint density at radius 2 is 1.82 bits per heavy atom. The van der Waals surface area contributed by atoms with Crippen LogP contribution in [0.15, 0.2) is 24.3 Å². The molecule has 1 atom stereocenters. The fourth-order valence-electron chi connectivity index (χ4n) is 3.64. The van der Waals surface area contributed by atoms with Gasteiger partial charge >= 0.3 is 0 Å². The molecule has 1 aromatic rings. The van der Waals surface area contributed by atoms with Crippen LogP contribution in [0.5, 0.6) is 0 Å². The summed E-state index contributed by atoms with van der Waals surface area (Å²) < 4.78 is 0. The van der Waals surface area contributed by atoms with E-state index in [9.17, 15) is 0 Å². The van der Waals surface area contributed by atoms with Gasteiger partial charge in [0.1, 0.15) is 0 Å². The molecule has 3 rings (SSSR count). The van der Waals surface area contributed by atoms with Crippen molar-refractivity contribution in [1.29, 1.82) is 0 Å². The largest absolute Gasteiger partial charge is 0.312 e. The minimum Gasteiger partial charge on any atom is -0.312 e. The molecule has 1 aliphatic heterocycles. The fourth-order valence-corrected chi connectivity index (χ4v) is 3.64. The number of rotatable bonds is 1. The van der Waals surface area contributed by atoms with Crippen LogP contribution in [0.3, 0.4) is 0 Å². The Morgan fingerprint density at radius 3 is 2.65 bits per heavy atom. The van der Waals surface area contributed by atoms with Gasteiger partial charge in [0, 0.05) is 13.1 Å². The van der Waals surface area contributed by atoms with Gasteiger partial charge in [0.25, 0.3) is 0 Å². The monoisotopic (exact) mass is 229 g/mol. The summed E-state index contributed by atoms with van der Waals surface area (Å²) in [6.07, 6.45) is 5.73. The summed E-state index contributed by atoms with van der Waals surface area (Å²) in [7, 11) is 0. The van der Waals surface area contributed by atoms with Gasteiger partial charge in [0.05, 0.1) is 0 Å². The predicted octanol–water partition coefficient (Wildman–Crippen LogP) is 3.70. The molecule has 0 bridgehead atoms. The van der Waals surface area contributed by atoms with Crippen LogP contribution in [0.4, 0.5) is 0 Å². The highest BCUT2D eigenvalue weighted by atomic mass is 14.9. The molecule has 1 heterocycles. The van der Waals surface area contributed by atoms with Gasteiger partial charge in [-0.15, -0.1) is 0 Å². The van der Waals surface area contributed by atoms with Crippen molar-refractivity contribution in [2.24, 2.45) is 11.8 Å². The molecule has 1 heteroatoms. The third kappa shape index (κ3) is 2.26. The van der Waals surface area contributed by atoms with Crippen molar-refractivity contribution < 1.29 is 0 Å². The van der Waals surface area contributed by atoms with Gasteiger partial charge in [0.15, 0.2) is 0 Å². The first-order valence-electron chi connectivity index (χ1n) is 7.13. The van der Waals surface area contributed by atoms with E-state index in [2.05, 4.69) is 36.5 Å². The maximum Gasteiger partial charge on any atom is 0.0208 e. The van der Waals surface area contributed by atoms with Crippen LogP contribution in [0.1, 0.15) is 49.7 Å². The second-order valence-corrected chi connectivity index (χ2v) is 5.96. The lowest BCUT2D eigenvalue weighted by atomic mass is 9.72. The molecule has 1 nitrogen and oxygen atoms in total. The number of hydrogen-bond donors (Lipinski definition) is 1.